The lowest BCUT2D eigenvalue weighted by Gasteiger charge is -2.31. The largest absolute Gasteiger partial charge is 0.497 e. The van der Waals surface area contributed by atoms with Gasteiger partial charge in [0.15, 0.2) is 0 Å². The molecule has 2 atom stereocenters. The highest BCUT2D eigenvalue weighted by Gasteiger charge is 2.22. The summed E-state index contributed by atoms with van der Waals surface area (Å²) in [5.41, 5.74) is 1.16. The zero-order valence-corrected chi connectivity index (χ0v) is 11.1. The maximum absolute atomic E-state index is 9.35. The van der Waals surface area contributed by atoms with Crippen molar-refractivity contribution in [1.29, 1.82) is 0 Å². The van der Waals surface area contributed by atoms with Crippen molar-refractivity contribution in [3.63, 3.8) is 0 Å². The Kier molecular flexibility index (Phi) is 4.44. The molecule has 4 heteroatoms. The SMILES string of the molecule is COc1cccc(N2CC(CO)NCCC2C)c1. The maximum Gasteiger partial charge on any atom is 0.120 e. The van der Waals surface area contributed by atoms with Crippen LogP contribution >= 0.6 is 0 Å². The molecular formula is C14H22N2O2. The minimum Gasteiger partial charge on any atom is -0.497 e. The minimum absolute atomic E-state index is 0.140. The maximum atomic E-state index is 9.35. The second-order valence-corrected chi connectivity index (χ2v) is 4.83. The predicted molar refractivity (Wildman–Crippen MR) is 73.3 cm³/mol. The van der Waals surface area contributed by atoms with E-state index in [1.807, 2.05) is 12.1 Å². The molecule has 0 saturated carbocycles. The first-order valence-electron chi connectivity index (χ1n) is 6.49. The van der Waals surface area contributed by atoms with Crippen molar-refractivity contribution in [3.05, 3.63) is 24.3 Å². The third kappa shape index (κ3) is 2.94. The third-order valence-corrected chi connectivity index (χ3v) is 3.55. The summed E-state index contributed by atoms with van der Waals surface area (Å²) in [6.07, 6.45) is 1.08. The lowest BCUT2D eigenvalue weighted by atomic mass is 10.1. The van der Waals surface area contributed by atoms with Crippen molar-refractivity contribution in [1.82, 2.24) is 5.32 Å². The van der Waals surface area contributed by atoms with Crippen molar-refractivity contribution in [2.75, 3.05) is 31.7 Å². The molecule has 2 rings (SSSR count). The van der Waals surface area contributed by atoms with E-state index in [2.05, 4.69) is 29.3 Å². The molecule has 1 aliphatic rings. The Hall–Kier alpha value is -1.26. The molecule has 100 valence electrons. The quantitative estimate of drug-likeness (QED) is 0.847. The van der Waals surface area contributed by atoms with Crippen LogP contribution in [-0.2, 0) is 0 Å². The van der Waals surface area contributed by atoms with Crippen LogP contribution in [0.25, 0.3) is 0 Å². The van der Waals surface area contributed by atoms with Gasteiger partial charge in [-0.25, -0.2) is 0 Å². The Morgan fingerprint density at radius 1 is 1.50 bits per heavy atom. The molecule has 0 aliphatic carbocycles. The molecule has 0 aromatic heterocycles. The van der Waals surface area contributed by atoms with Gasteiger partial charge in [0.05, 0.1) is 13.7 Å². The smallest absolute Gasteiger partial charge is 0.120 e. The monoisotopic (exact) mass is 250 g/mol. The highest BCUT2D eigenvalue weighted by Crippen LogP contribution is 2.24. The Morgan fingerprint density at radius 3 is 3.06 bits per heavy atom. The van der Waals surface area contributed by atoms with E-state index >= 15 is 0 Å². The van der Waals surface area contributed by atoms with Crippen LogP contribution in [0.4, 0.5) is 5.69 Å². The van der Waals surface area contributed by atoms with E-state index in [4.69, 9.17) is 4.74 Å². The molecule has 18 heavy (non-hydrogen) atoms. The molecule has 1 fully saturated rings. The van der Waals surface area contributed by atoms with Gasteiger partial charge in [0.1, 0.15) is 5.75 Å². The first-order valence-corrected chi connectivity index (χ1v) is 6.49. The van der Waals surface area contributed by atoms with Gasteiger partial charge in [-0.2, -0.15) is 0 Å². The lowest BCUT2D eigenvalue weighted by molar-refractivity contribution is 0.248. The Morgan fingerprint density at radius 2 is 2.33 bits per heavy atom. The van der Waals surface area contributed by atoms with E-state index in [0.29, 0.717) is 6.04 Å². The number of methoxy groups -OCH3 is 1. The number of aliphatic hydroxyl groups is 1. The summed E-state index contributed by atoms with van der Waals surface area (Å²) in [6.45, 7) is 4.17. The molecule has 1 aliphatic heterocycles. The van der Waals surface area contributed by atoms with Crippen molar-refractivity contribution in [2.24, 2.45) is 0 Å². The topological polar surface area (TPSA) is 44.7 Å². The highest BCUT2D eigenvalue weighted by atomic mass is 16.5. The summed E-state index contributed by atoms with van der Waals surface area (Å²) in [5.74, 6) is 0.873. The molecule has 2 unspecified atom stereocenters. The van der Waals surface area contributed by atoms with E-state index in [0.717, 1.165) is 30.9 Å². The van der Waals surface area contributed by atoms with Gasteiger partial charge in [-0.15, -0.1) is 0 Å². The van der Waals surface area contributed by atoms with Crippen LogP contribution < -0.4 is 15.0 Å². The normalized spacial score (nSPS) is 24.7. The fraction of sp³-hybridized carbons (Fsp3) is 0.571. The number of hydrogen-bond donors (Lipinski definition) is 2. The van der Waals surface area contributed by atoms with Crippen molar-refractivity contribution in [2.45, 2.75) is 25.4 Å². The number of benzene rings is 1. The Bertz CT molecular complexity index is 384. The number of nitrogens with zero attached hydrogens (tertiary/aromatic N) is 1. The molecule has 0 bridgehead atoms. The molecule has 2 N–H and O–H groups in total. The van der Waals surface area contributed by atoms with Gasteiger partial charge in [0.25, 0.3) is 0 Å². The van der Waals surface area contributed by atoms with E-state index < -0.39 is 0 Å². The number of ether oxygens (including phenoxy) is 1. The predicted octanol–water partition coefficient (Wildman–Crippen LogP) is 1.24. The number of anilines is 1. The Balaban J connectivity index is 2.21. The average molecular weight is 250 g/mol. The van der Waals surface area contributed by atoms with E-state index in [9.17, 15) is 5.11 Å². The molecule has 1 aromatic carbocycles. The average Bonchev–Trinajstić information content (AvgIpc) is 2.60. The summed E-state index contributed by atoms with van der Waals surface area (Å²) in [5, 5.41) is 12.7. The minimum atomic E-state index is 0.140. The van der Waals surface area contributed by atoms with Gasteiger partial charge in [0, 0.05) is 30.4 Å². The van der Waals surface area contributed by atoms with Gasteiger partial charge in [-0.3, -0.25) is 0 Å². The van der Waals surface area contributed by atoms with E-state index in [1.54, 1.807) is 7.11 Å². The Labute approximate surface area is 109 Å². The third-order valence-electron chi connectivity index (χ3n) is 3.55. The first kappa shape index (κ1) is 13.2. The fourth-order valence-corrected chi connectivity index (χ4v) is 2.41. The fourth-order valence-electron chi connectivity index (χ4n) is 2.41. The number of hydrogen-bond acceptors (Lipinski definition) is 4. The van der Waals surface area contributed by atoms with Gasteiger partial charge in [-0.05, 0) is 32.0 Å². The van der Waals surface area contributed by atoms with Crippen molar-refractivity contribution >= 4 is 5.69 Å². The molecule has 1 heterocycles. The molecule has 4 nitrogen and oxygen atoms in total. The molecule has 1 aromatic rings. The van der Waals surface area contributed by atoms with Gasteiger partial charge in [-0.1, -0.05) is 6.07 Å². The summed E-state index contributed by atoms with van der Waals surface area (Å²) in [6, 6.07) is 8.71. The molecular weight excluding hydrogens is 228 g/mol. The van der Waals surface area contributed by atoms with Crippen LogP contribution in [0, 0.1) is 0 Å². The zero-order valence-electron chi connectivity index (χ0n) is 11.1. The first-order chi connectivity index (χ1) is 8.74. The van der Waals surface area contributed by atoms with Crippen LogP contribution in [0.1, 0.15) is 13.3 Å². The van der Waals surface area contributed by atoms with Crippen LogP contribution in [0.5, 0.6) is 5.75 Å². The van der Waals surface area contributed by atoms with E-state index in [-0.39, 0.29) is 12.6 Å². The van der Waals surface area contributed by atoms with Gasteiger partial charge >= 0.3 is 0 Å². The summed E-state index contributed by atoms with van der Waals surface area (Å²) in [4.78, 5) is 2.34. The molecule has 0 radical (unpaired) electrons. The highest BCUT2D eigenvalue weighted by molar-refractivity contribution is 5.51. The zero-order chi connectivity index (χ0) is 13.0. The number of nitrogens with one attached hydrogen (secondary N) is 1. The van der Waals surface area contributed by atoms with Crippen LogP contribution in [0.2, 0.25) is 0 Å². The summed E-state index contributed by atoms with van der Waals surface area (Å²) in [7, 11) is 1.68. The molecule has 0 amide bonds. The van der Waals surface area contributed by atoms with Crippen molar-refractivity contribution < 1.29 is 9.84 Å². The number of rotatable bonds is 3. The lowest BCUT2D eigenvalue weighted by Crippen LogP contribution is -2.42. The van der Waals surface area contributed by atoms with Gasteiger partial charge in [0.2, 0.25) is 0 Å². The van der Waals surface area contributed by atoms with Crippen LogP contribution in [0.3, 0.4) is 0 Å². The second-order valence-electron chi connectivity index (χ2n) is 4.83. The second kappa shape index (κ2) is 6.07. The number of aliphatic hydroxyl groups excluding tert-OH is 1. The summed E-state index contributed by atoms with van der Waals surface area (Å²) >= 11 is 0. The molecule has 0 spiro atoms. The molecule has 1 saturated heterocycles. The van der Waals surface area contributed by atoms with Crippen molar-refractivity contribution in [3.8, 4) is 5.75 Å². The van der Waals surface area contributed by atoms with Gasteiger partial charge < -0.3 is 20.1 Å². The standard InChI is InChI=1S/C14H22N2O2/c1-11-6-7-15-12(10-17)9-16(11)13-4-3-5-14(8-13)18-2/h3-5,8,11-12,15,17H,6-7,9-10H2,1-2H3. The summed E-state index contributed by atoms with van der Waals surface area (Å²) < 4.78 is 5.27. The van der Waals surface area contributed by atoms with Crippen LogP contribution in [-0.4, -0.2) is 44.0 Å². The van der Waals surface area contributed by atoms with Crippen LogP contribution in [0.15, 0.2) is 24.3 Å². The van der Waals surface area contributed by atoms with E-state index in [1.165, 1.54) is 0 Å².